The van der Waals surface area contributed by atoms with Crippen LogP contribution in [0, 0.1) is 18.6 Å². The van der Waals surface area contributed by atoms with Crippen LogP contribution in [0.5, 0.6) is 0 Å². The van der Waals surface area contributed by atoms with Gasteiger partial charge in [0.2, 0.25) is 0 Å². The first-order valence-electron chi connectivity index (χ1n) is 7.75. The van der Waals surface area contributed by atoms with E-state index in [0.717, 1.165) is 0 Å². The first-order valence-corrected chi connectivity index (χ1v) is 8.88. The zero-order valence-corrected chi connectivity index (χ0v) is 17.7. The van der Waals surface area contributed by atoms with Crippen molar-refractivity contribution in [3.63, 3.8) is 0 Å². The van der Waals surface area contributed by atoms with Gasteiger partial charge in [0, 0.05) is 25.3 Å². The van der Waals surface area contributed by atoms with E-state index in [1.807, 2.05) is 0 Å². The summed E-state index contributed by atoms with van der Waals surface area (Å²) in [7, 11) is 3.00. The molecule has 11 heteroatoms. The number of rotatable bonds is 8. The summed E-state index contributed by atoms with van der Waals surface area (Å²) in [4.78, 5) is 7.41. The first kappa shape index (κ1) is 24.9. The van der Waals surface area contributed by atoms with E-state index in [2.05, 4.69) is 19.4 Å². The Morgan fingerprint density at radius 1 is 0.786 bits per heavy atom. The predicted octanol–water partition coefficient (Wildman–Crippen LogP) is 4.95. The van der Waals surface area contributed by atoms with Gasteiger partial charge in [-0.1, -0.05) is 34.8 Å². The Hall–Kier alpha value is -1.13. The summed E-state index contributed by atoms with van der Waals surface area (Å²) in [6.45, 7) is 2.14. The second kappa shape index (κ2) is 13.2. The van der Waals surface area contributed by atoms with Crippen LogP contribution in [0.1, 0.15) is 16.8 Å². The second-order valence-electron chi connectivity index (χ2n) is 5.23. The van der Waals surface area contributed by atoms with Crippen molar-refractivity contribution in [2.24, 2.45) is 0 Å². The molecule has 0 bridgehead atoms. The first-order chi connectivity index (χ1) is 13.3. The summed E-state index contributed by atoms with van der Waals surface area (Å²) in [5.41, 5.74) is 1.24. The van der Waals surface area contributed by atoms with Crippen LogP contribution < -0.4 is 0 Å². The molecule has 0 spiro atoms. The van der Waals surface area contributed by atoms with Crippen LogP contribution in [0.3, 0.4) is 0 Å². The maximum absolute atomic E-state index is 13.1. The van der Waals surface area contributed by atoms with E-state index in [-0.39, 0.29) is 53.8 Å². The Morgan fingerprint density at radius 2 is 1.25 bits per heavy atom. The Bertz CT molecular complexity index is 706. The smallest absolute Gasteiger partial charge is 0.166 e. The molecule has 0 fully saturated rings. The van der Waals surface area contributed by atoms with Crippen LogP contribution in [-0.4, -0.2) is 37.8 Å². The van der Waals surface area contributed by atoms with Crippen molar-refractivity contribution in [3.05, 3.63) is 56.0 Å². The molecule has 0 saturated carbocycles. The quantitative estimate of drug-likeness (QED) is 0.316. The minimum atomic E-state index is -0.618. The number of ether oxygens (including phenoxy) is 4. The average Bonchev–Trinajstić information content (AvgIpc) is 2.64. The van der Waals surface area contributed by atoms with E-state index in [9.17, 15) is 8.78 Å². The Labute approximate surface area is 176 Å². The molecule has 2 aromatic heterocycles. The standard InChI is InChI=1S/C9H11ClFNO2.C8H8Cl2FNO2/c1-6-8(11)3-7(9(10)12-6)4-14-5-13-2;1-13-4-14-3-5-2-6(11)8(10)12-7(5)9/h3H,4-5H2,1-2H3;2H,3-4H2,1H3. The zero-order chi connectivity index (χ0) is 21.1. The van der Waals surface area contributed by atoms with Crippen molar-refractivity contribution in [2.45, 2.75) is 20.1 Å². The van der Waals surface area contributed by atoms with Gasteiger partial charge in [-0.2, -0.15) is 0 Å². The van der Waals surface area contributed by atoms with Crippen molar-refractivity contribution in [2.75, 3.05) is 27.8 Å². The molecule has 0 aliphatic heterocycles. The third kappa shape index (κ3) is 8.48. The maximum atomic E-state index is 13.1. The van der Waals surface area contributed by atoms with E-state index in [1.165, 1.54) is 26.4 Å². The van der Waals surface area contributed by atoms with Gasteiger partial charge in [0.15, 0.2) is 11.0 Å². The topological polar surface area (TPSA) is 62.7 Å². The summed E-state index contributed by atoms with van der Waals surface area (Å²) in [6, 6.07) is 2.51. The predicted molar refractivity (Wildman–Crippen MR) is 101 cm³/mol. The third-order valence-electron chi connectivity index (χ3n) is 3.05. The highest BCUT2D eigenvalue weighted by molar-refractivity contribution is 6.33. The number of hydrogen-bond acceptors (Lipinski definition) is 6. The molecule has 0 unspecified atom stereocenters. The van der Waals surface area contributed by atoms with Crippen LogP contribution in [0.4, 0.5) is 8.78 Å². The van der Waals surface area contributed by atoms with Gasteiger partial charge in [0.1, 0.15) is 29.7 Å². The van der Waals surface area contributed by atoms with Crippen molar-refractivity contribution in [1.82, 2.24) is 9.97 Å². The van der Waals surface area contributed by atoms with Crippen LogP contribution in [0.2, 0.25) is 15.5 Å². The van der Waals surface area contributed by atoms with Crippen LogP contribution in [-0.2, 0) is 32.2 Å². The number of aryl methyl sites for hydroxylation is 1. The van der Waals surface area contributed by atoms with Crippen molar-refractivity contribution in [1.29, 1.82) is 0 Å². The van der Waals surface area contributed by atoms with E-state index in [4.69, 9.17) is 44.3 Å². The monoisotopic (exact) mass is 458 g/mol. The highest BCUT2D eigenvalue weighted by Gasteiger charge is 2.09. The van der Waals surface area contributed by atoms with Crippen LogP contribution >= 0.6 is 34.8 Å². The van der Waals surface area contributed by atoms with Gasteiger partial charge in [-0.25, -0.2) is 18.7 Å². The molecular formula is C17H19Cl3F2N2O4. The summed E-state index contributed by atoms with van der Waals surface area (Å²) in [5, 5.41) is 0.151. The lowest BCUT2D eigenvalue weighted by Crippen LogP contribution is -2.00. The Kier molecular flexibility index (Phi) is 11.7. The van der Waals surface area contributed by atoms with Gasteiger partial charge >= 0.3 is 0 Å². The molecule has 2 aromatic rings. The molecule has 0 saturated heterocycles. The van der Waals surface area contributed by atoms with E-state index < -0.39 is 5.82 Å². The molecule has 0 aliphatic carbocycles. The molecule has 156 valence electrons. The van der Waals surface area contributed by atoms with Crippen molar-refractivity contribution < 1.29 is 27.7 Å². The van der Waals surface area contributed by atoms with E-state index >= 15 is 0 Å². The Morgan fingerprint density at radius 3 is 1.75 bits per heavy atom. The largest absolute Gasteiger partial charge is 0.359 e. The lowest BCUT2D eigenvalue weighted by atomic mass is 10.2. The zero-order valence-electron chi connectivity index (χ0n) is 15.4. The number of halogens is 5. The van der Waals surface area contributed by atoms with Gasteiger partial charge in [0.25, 0.3) is 0 Å². The normalized spacial score (nSPS) is 10.6. The third-order valence-corrected chi connectivity index (χ3v) is 3.97. The molecule has 2 heterocycles. The highest BCUT2D eigenvalue weighted by atomic mass is 35.5. The minimum Gasteiger partial charge on any atom is -0.359 e. The average molecular weight is 460 g/mol. The maximum Gasteiger partial charge on any atom is 0.166 e. The number of hydrogen-bond donors (Lipinski definition) is 0. The molecule has 0 atom stereocenters. The lowest BCUT2D eigenvalue weighted by molar-refractivity contribution is -0.0392. The van der Waals surface area contributed by atoms with Gasteiger partial charge < -0.3 is 18.9 Å². The van der Waals surface area contributed by atoms with Crippen molar-refractivity contribution >= 4 is 34.8 Å². The molecule has 0 aromatic carbocycles. The minimum absolute atomic E-state index is 0.112. The molecule has 0 N–H and O–H groups in total. The van der Waals surface area contributed by atoms with Gasteiger partial charge in [-0.15, -0.1) is 0 Å². The number of aromatic nitrogens is 2. The van der Waals surface area contributed by atoms with Crippen LogP contribution in [0.25, 0.3) is 0 Å². The fourth-order valence-electron chi connectivity index (χ4n) is 1.75. The number of methoxy groups -OCH3 is 2. The number of nitrogens with zero attached hydrogens (tertiary/aromatic N) is 2. The van der Waals surface area contributed by atoms with Gasteiger partial charge in [-0.05, 0) is 19.1 Å². The number of pyridine rings is 2. The van der Waals surface area contributed by atoms with Crippen LogP contribution in [0.15, 0.2) is 12.1 Å². The summed E-state index contributed by atoms with van der Waals surface area (Å²) in [6.07, 6.45) is 0. The van der Waals surface area contributed by atoms with Gasteiger partial charge in [0.05, 0.1) is 18.9 Å². The van der Waals surface area contributed by atoms with E-state index in [1.54, 1.807) is 6.92 Å². The van der Waals surface area contributed by atoms with E-state index in [0.29, 0.717) is 11.1 Å². The molecular weight excluding hydrogens is 441 g/mol. The summed E-state index contributed by atoms with van der Waals surface area (Å²) < 4.78 is 45.3. The SMILES string of the molecule is COCOCc1cc(F)c(C)nc1Cl.COCOCc1cc(F)c(Cl)nc1Cl. The molecule has 28 heavy (non-hydrogen) atoms. The molecule has 0 amide bonds. The fraction of sp³-hybridized carbons (Fsp3) is 0.412. The lowest BCUT2D eigenvalue weighted by Gasteiger charge is -2.06. The molecule has 0 aliphatic rings. The second-order valence-corrected chi connectivity index (χ2v) is 6.30. The highest BCUT2D eigenvalue weighted by Crippen LogP contribution is 2.21. The summed E-state index contributed by atoms with van der Waals surface area (Å²) in [5.74, 6) is -1.00. The summed E-state index contributed by atoms with van der Waals surface area (Å²) >= 11 is 16.9. The molecule has 6 nitrogen and oxygen atoms in total. The fourth-order valence-corrected chi connectivity index (χ4v) is 2.36. The van der Waals surface area contributed by atoms with Gasteiger partial charge in [-0.3, -0.25) is 0 Å². The molecule has 2 rings (SSSR count). The van der Waals surface area contributed by atoms with Crippen molar-refractivity contribution in [3.8, 4) is 0 Å². The Balaban J connectivity index is 0.000000280. The molecule has 0 radical (unpaired) electrons.